The summed E-state index contributed by atoms with van der Waals surface area (Å²) in [7, 11) is 0. The van der Waals surface area contributed by atoms with Gasteiger partial charge in [-0.05, 0) is 31.2 Å². The molecule has 22 heavy (non-hydrogen) atoms. The van der Waals surface area contributed by atoms with Crippen LogP contribution in [0.15, 0.2) is 48.6 Å². The zero-order chi connectivity index (χ0) is 15.9. The number of hydrogen-bond donors (Lipinski definition) is 0. The highest BCUT2D eigenvalue weighted by atomic mass is 35.5. The van der Waals surface area contributed by atoms with Crippen molar-refractivity contribution < 1.29 is 9.59 Å². The van der Waals surface area contributed by atoms with Crippen LogP contribution >= 0.6 is 11.6 Å². The smallest absolute Gasteiger partial charge is 0.253 e. The SMILES string of the molecule is C/C=C/C=C/C(=O)N1CCN(C(=O)c2ccc(Cl)cc2)CC1. The zero-order valence-electron chi connectivity index (χ0n) is 12.5. The third-order valence-corrected chi connectivity index (χ3v) is 3.76. The predicted octanol–water partition coefficient (Wildman–Crippen LogP) is 2.76. The molecule has 116 valence electrons. The molecule has 1 heterocycles. The molecule has 1 aliphatic heterocycles. The number of carbonyl (C=O) groups is 2. The number of amides is 2. The molecule has 0 spiro atoms. The maximum atomic E-state index is 12.4. The summed E-state index contributed by atoms with van der Waals surface area (Å²) in [5.74, 6) is -0.0371. The molecule has 1 fully saturated rings. The van der Waals surface area contributed by atoms with Gasteiger partial charge in [0.15, 0.2) is 0 Å². The van der Waals surface area contributed by atoms with E-state index in [0.29, 0.717) is 36.8 Å². The summed E-state index contributed by atoms with van der Waals surface area (Å²) in [5.41, 5.74) is 0.622. The fourth-order valence-electron chi connectivity index (χ4n) is 2.26. The first-order valence-electron chi connectivity index (χ1n) is 7.25. The molecule has 0 N–H and O–H groups in total. The summed E-state index contributed by atoms with van der Waals surface area (Å²) in [6, 6.07) is 6.87. The number of rotatable bonds is 3. The van der Waals surface area contributed by atoms with Gasteiger partial charge in [0.25, 0.3) is 5.91 Å². The van der Waals surface area contributed by atoms with E-state index < -0.39 is 0 Å². The van der Waals surface area contributed by atoms with Crippen molar-refractivity contribution in [1.82, 2.24) is 9.80 Å². The van der Waals surface area contributed by atoms with Crippen molar-refractivity contribution in [3.63, 3.8) is 0 Å². The fourth-order valence-corrected chi connectivity index (χ4v) is 2.39. The Labute approximate surface area is 135 Å². The molecule has 2 rings (SSSR count). The van der Waals surface area contributed by atoms with E-state index in [4.69, 9.17) is 11.6 Å². The van der Waals surface area contributed by atoms with Gasteiger partial charge in [0, 0.05) is 42.8 Å². The molecule has 0 aromatic heterocycles. The Morgan fingerprint density at radius 2 is 1.59 bits per heavy atom. The monoisotopic (exact) mass is 318 g/mol. The van der Waals surface area contributed by atoms with Crippen LogP contribution in [0, 0.1) is 0 Å². The van der Waals surface area contributed by atoms with Crippen molar-refractivity contribution in [1.29, 1.82) is 0 Å². The number of piperazine rings is 1. The lowest BCUT2D eigenvalue weighted by atomic mass is 10.2. The number of allylic oxidation sites excluding steroid dienone is 3. The summed E-state index contributed by atoms with van der Waals surface area (Å²) >= 11 is 5.83. The minimum absolute atomic E-state index is 0.0170. The van der Waals surface area contributed by atoms with Crippen LogP contribution in [0.5, 0.6) is 0 Å². The topological polar surface area (TPSA) is 40.6 Å². The van der Waals surface area contributed by atoms with E-state index in [1.54, 1.807) is 46.2 Å². The van der Waals surface area contributed by atoms with Gasteiger partial charge in [-0.15, -0.1) is 0 Å². The second-order valence-electron chi connectivity index (χ2n) is 5.01. The molecule has 0 atom stereocenters. The van der Waals surface area contributed by atoms with E-state index in [2.05, 4.69) is 0 Å². The first-order valence-corrected chi connectivity index (χ1v) is 7.62. The molecule has 0 aliphatic carbocycles. The quantitative estimate of drug-likeness (QED) is 0.635. The van der Waals surface area contributed by atoms with Gasteiger partial charge in [0.05, 0.1) is 0 Å². The summed E-state index contributed by atoms with van der Waals surface area (Å²) in [4.78, 5) is 27.8. The van der Waals surface area contributed by atoms with Crippen molar-refractivity contribution in [3.8, 4) is 0 Å². The van der Waals surface area contributed by atoms with E-state index in [1.807, 2.05) is 19.1 Å². The van der Waals surface area contributed by atoms with Crippen LogP contribution in [0.3, 0.4) is 0 Å². The molecule has 2 amide bonds. The van der Waals surface area contributed by atoms with Gasteiger partial charge in [0.1, 0.15) is 0 Å². The molecule has 1 saturated heterocycles. The minimum atomic E-state index is -0.0202. The lowest BCUT2D eigenvalue weighted by Crippen LogP contribution is -2.50. The van der Waals surface area contributed by atoms with Crippen LogP contribution in [-0.2, 0) is 4.79 Å². The van der Waals surface area contributed by atoms with Gasteiger partial charge in [-0.3, -0.25) is 9.59 Å². The third-order valence-electron chi connectivity index (χ3n) is 3.51. The van der Waals surface area contributed by atoms with Crippen molar-refractivity contribution >= 4 is 23.4 Å². The van der Waals surface area contributed by atoms with Crippen molar-refractivity contribution in [3.05, 3.63) is 59.2 Å². The van der Waals surface area contributed by atoms with E-state index in [0.717, 1.165) is 0 Å². The number of halogens is 1. The maximum absolute atomic E-state index is 12.4. The molecule has 0 radical (unpaired) electrons. The Hall–Kier alpha value is -2.07. The van der Waals surface area contributed by atoms with Gasteiger partial charge in [-0.25, -0.2) is 0 Å². The lowest BCUT2D eigenvalue weighted by molar-refractivity contribution is -0.127. The number of hydrogen-bond acceptors (Lipinski definition) is 2. The molecule has 5 heteroatoms. The molecular weight excluding hydrogens is 300 g/mol. The van der Waals surface area contributed by atoms with Gasteiger partial charge in [-0.2, -0.15) is 0 Å². The summed E-state index contributed by atoms with van der Waals surface area (Å²) in [6.45, 7) is 4.10. The zero-order valence-corrected chi connectivity index (χ0v) is 13.3. The van der Waals surface area contributed by atoms with Crippen molar-refractivity contribution in [2.75, 3.05) is 26.2 Å². The van der Waals surface area contributed by atoms with Gasteiger partial charge in [0.2, 0.25) is 5.91 Å². The van der Waals surface area contributed by atoms with Crippen molar-refractivity contribution in [2.24, 2.45) is 0 Å². The average molecular weight is 319 g/mol. The Morgan fingerprint density at radius 1 is 1.00 bits per heavy atom. The maximum Gasteiger partial charge on any atom is 0.253 e. The minimum Gasteiger partial charge on any atom is -0.336 e. The number of nitrogens with zero attached hydrogens (tertiary/aromatic N) is 2. The normalized spacial score (nSPS) is 15.7. The highest BCUT2D eigenvalue weighted by molar-refractivity contribution is 6.30. The van der Waals surface area contributed by atoms with E-state index in [1.165, 1.54) is 0 Å². The van der Waals surface area contributed by atoms with Crippen LogP contribution in [0.25, 0.3) is 0 Å². The highest BCUT2D eigenvalue weighted by Gasteiger charge is 2.23. The Kier molecular flexibility index (Phi) is 5.78. The Morgan fingerprint density at radius 3 is 2.18 bits per heavy atom. The first kappa shape index (κ1) is 16.3. The molecule has 1 aromatic carbocycles. The molecule has 0 saturated carbocycles. The first-order chi connectivity index (χ1) is 10.6. The summed E-state index contributed by atoms with van der Waals surface area (Å²) in [6.07, 6.45) is 6.97. The second kappa shape index (κ2) is 7.80. The number of benzene rings is 1. The van der Waals surface area contributed by atoms with Crippen LogP contribution < -0.4 is 0 Å². The lowest BCUT2D eigenvalue weighted by Gasteiger charge is -2.34. The standard InChI is InChI=1S/C17H19ClN2O2/c1-2-3-4-5-16(21)19-10-12-20(13-11-19)17(22)14-6-8-15(18)9-7-14/h2-9H,10-13H2,1H3/b3-2+,5-4+. The summed E-state index contributed by atoms with van der Waals surface area (Å²) in [5, 5.41) is 0.611. The van der Waals surface area contributed by atoms with E-state index in [9.17, 15) is 9.59 Å². The fraction of sp³-hybridized carbons (Fsp3) is 0.294. The molecule has 0 unspecified atom stereocenters. The molecule has 1 aromatic rings. The van der Waals surface area contributed by atoms with Crippen LogP contribution in [0.1, 0.15) is 17.3 Å². The van der Waals surface area contributed by atoms with Crippen LogP contribution in [0.4, 0.5) is 0 Å². The molecular formula is C17H19ClN2O2. The van der Waals surface area contributed by atoms with Gasteiger partial charge < -0.3 is 9.80 Å². The highest BCUT2D eigenvalue weighted by Crippen LogP contribution is 2.13. The van der Waals surface area contributed by atoms with Gasteiger partial charge in [-0.1, -0.05) is 29.8 Å². The van der Waals surface area contributed by atoms with Crippen LogP contribution in [-0.4, -0.2) is 47.8 Å². The molecule has 1 aliphatic rings. The second-order valence-corrected chi connectivity index (χ2v) is 5.45. The largest absolute Gasteiger partial charge is 0.336 e. The van der Waals surface area contributed by atoms with Gasteiger partial charge >= 0.3 is 0 Å². The van der Waals surface area contributed by atoms with Crippen molar-refractivity contribution in [2.45, 2.75) is 6.92 Å². The predicted molar refractivity (Wildman–Crippen MR) is 87.9 cm³/mol. The summed E-state index contributed by atoms with van der Waals surface area (Å²) < 4.78 is 0. The third kappa shape index (κ3) is 4.21. The van der Waals surface area contributed by atoms with Crippen LogP contribution in [0.2, 0.25) is 5.02 Å². The Bertz CT molecular complexity index is 585. The molecule has 4 nitrogen and oxygen atoms in total. The molecule has 0 bridgehead atoms. The number of carbonyl (C=O) groups excluding carboxylic acids is 2. The van der Waals surface area contributed by atoms with E-state index in [-0.39, 0.29) is 11.8 Å². The average Bonchev–Trinajstić information content (AvgIpc) is 2.55. The van der Waals surface area contributed by atoms with E-state index >= 15 is 0 Å². The Balaban J connectivity index is 1.90.